The van der Waals surface area contributed by atoms with Gasteiger partial charge in [-0.3, -0.25) is 4.79 Å². The molecule has 1 amide bonds. The maximum atomic E-state index is 13.8. The molecule has 23 heavy (non-hydrogen) atoms. The second kappa shape index (κ2) is 5.12. The van der Waals surface area contributed by atoms with Crippen LogP contribution >= 0.6 is 0 Å². The number of amides is 1. The Kier molecular flexibility index (Phi) is 3.07. The fourth-order valence-electron chi connectivity index (χ4n) is 2.75. The fraction of sp³-hybridized carbons (Fsp3) is 0.188. The lowest BCUT2D eigenvalue weighted by Crippen LogP contribution is -2.28. The Morgan fingerprint density at radius 2 is 2.00 bits per heavy atom. The minimum absolute atomic E-state index is 0.140. The van der Waals surface area contributed by atoms with Gasteiger partial charge in [-0.2, -0.15) is 0 Å². The number of hydrogen-bond acceptors (Lipinski definition) is 3. The Bertz CT molecular complexity index is 908. The minimum atomic E-state index is -0.609. The molecular formula is C16H12F2N4O. The molecule has 2 aromatic heterocycles. The third kappa shape index (κ3) is 2.44. The van der Waals surface area contributed by atoms with E-state index in [4.69, 9.17) is 0 Å². The van der Waals surface area contributed by atoms with Crippen LogP contribution in [-0.4, -0.2) is 26.3 Å². The molecule has 1 aromatic carbocycles. The summed E-state index contributed by atoms with van der Waals surface area (Å²) in [5.41, 5.74) is 1.11. The van der Waals surface area contributed by atoms with E-state index < -0.39 is 11.6 Å². The van der Waals surface area contributed by atoms with E-state index in [-0.39, 0.29) is 23.6 Å². The van der Waals surface area contributed by atoms with Crippen molar-refractivity contribution >= 4 is 11.6 Å². The fourth-order valence-corrected chi connectivity index (χ4v) is 2.75. The Hall–Kier alpha value is -2.83. The summed E-state index contributed by atoms with van der Waals surface area (Å²) in [6, 6.07) is 3.33. The SMILES string of the molecule is O=C(N[C@H]1C[C@H]1c1ccc(F)cc1F)c1nccn2ccnc12. The van der Waals surface area contributed by atoms with Crippen molar-refractivity contribution in [1.82, 2.24) is 19.7 Å². The Balaban J connectivity index is 1.51. The molecule has 1 fully saturated rings. The summed E-state index contributed by atoms with van der Waals surface area (Å²) in [4.78, 5) is 20.5. The molecule has 1 N–H and O–H groups in total. The largest absolute Gasteiger partial charge is 0.347 e. The van der Waals surface area contributed by atoms with E-state index in [2.05, 4.69) is 15.3 Å². The van der Waals surface area contributed by atoms with Crippen LogP contribution in [0.15, 0.2) is 43.0 Å². The van der Waals surface area contributed by atoms with Gasteiger partial charge < -0.3 is 9.72 Å². The van der Waals surface area contributed by atoms with Crippen molar-refractivity contribution in [2.24, 2.45) is 0 Å². The van der Waals surface area contributed by atoms with Crippen LogP contribution in [0, 0.1) is 11.6 Å². The Morgan fingerprint density at radius 3 is 2.78 bits per heavy atom. The van der Waals surface area contributed by atoms with E-state index >= 15 is 0 Å². The minimum Gasteiger partial charge on any atom is -0.347 e. The maximum Gasteiger partial charge on any atom is 0.273 e. The van der Waals surface area contributed by atoms with Crippen molar-refractivity contribution in [3.63, 3.8) is 0 Å². The van der Waals surface area contributed by atoms with Crippen molar-refractivity contribution < 1.29 is 13.6 Å². The standard InChI is InChI=1S/C16H12F2N4O/c17-9-1-2-10(12(18)7-9)11-8-13(11)21-16(23)14-15-20-4-6-22(15)5-3-19-14/h1-7,11,13H,8H2,(H,21,23)/t11-,13-/m0/s1. The van der Waals surface area contributed by atoms with Crippen molar-refractivity contribution in [1.29, 1.82) is 0 Å². The monoisotopic (exact) mass is 314 g/mol. The average molecular weight is 314 g/mol. The number of halogens is 2. The summed E-state index contributed by atoms with van der Waals surface area (Å²) >= 11 is 0. The molecule has 0 spiro atoms. The quantitative estimate of drug-likeness (QED) is 0.807. The lowest BCUT2D eigenvalue weighted by molar-refractivity contribution is 0.0946. The zero-order valence-electron chi connectivity index (χ0n) is 11.9. The molecule has 1 aliphatic rings. The molecule has 5 nitrogen and oxygen atoms in total. The van der Waals surface area contributed by atoms with Gasteiger partial charge in [0.05, 0.1) is 0 Å². The third-order valence-electron chi connectivity index (χ3n) is 4.00. The first-order valence-electron chi connectivity index (χ1n) is 7.17. The van der Waals surface area contributed by atoms with Gasteiger partial charge in [-0.1, -0.05) is 6.07 Å². The Labute approximate surface area is 130 Å². The van der Waals surface area contributed by atoms with E-state index in [0.717, 1.165) is 6.07 Å². The van der Waals surface area contributed by atoms with Crippen molar-refractivity contribution in [2.45, 2.75) is 18.4 Å². The molecule has 3 aromatic rings. The average Bonchev–Trinajstić information content (AvgIpc) is 3.09. The van der Waals surface area contributed by atoms with Crippen LogP contribution in [0.3, 0.4) is 0 Å². The number of hydrogen-bond donors (Lipinski definition) is 1. The van der Waals surface area contributed by atoms with Gasteiger partial charge in [-0.25, -0.2) is 18.7 Å². The molecule has 2 atom stereocenters. The third-order valence-corrected chi connectivity index (χ3v) is 4.00. The zero-order valence-corrected chi connectivity index (χ0v) is 11.9. The molecule has 0 saturated heterocycles. The summed E-state index contributed by atoms with van der Waals surface area (Å²) in [5, 5.41) is 2.83. The highest BCUT2D eigenvalue weighted by atomic mass is 19.1. The second-order valence-corrected chi connectivity index (χ2v) is 5.52. The molecule has 0 bridgehead atoms. The van der Waals surface area contributed by atoms with E-state index in [1.807, 2.05) is 0 Å². The highest BCUT2D eigenvalue weighted by Crippen LogP contribution is 2.42. The smallest absolute Gasteiger partial charge is 0.273 e. The van der Waals surface area contributed by atoms with Crippen LogP contribution in [0.1, 0.15) is 28.4 Å². The first-order chi connectivity index (χ1) is 11.1. The number of imidazole rings is 1. The predicted octanol–water partition coefficient (Wildman–Crippen LogP) is 2.29. The number of rotatable bonds is 3. The van der Waals surface area contributed by atoms with Crippen molar-refractivity contribution in [3.05, 3.63) is 65.9 Å². The summed E-state index contributed by atoms with van der Waals surface area (Å²) in [5.74, 6) is -1.68. The molecule has 4 rings (SSSR count). The van der Waals surface area contributed by atoms with Gasteiger partial charge in [0.25, 0.3) is 5.91 Å². The molecule has 1 saturated carbocycles. The topological polar surface area (TPSA) is 59.3 Å². The second-order valence-electron chi connectivity index (χ2n) is 5.52. The number of nitrogens with zero attached hydrogens (tertiary/aromatic N) is 3. The van der Waals surface area contributed by atoms with Crippen LogP contribution in [0.4, 0.5) is 8.78 Å². The number of carbonyl (C=O) groups is 1. The van der Waals surface area contributed by atoms with Crippen LogP contribution < -0.4 is 5.32 Å². The summed E-state index contributed by atoms with van der Waals surface area (Å²) in [6.07, 6.45) is 7.15. The number of carbonyl (C=O) groups excluding carboxylic acids is 1. The number of fused-ring (bicyclic) bond motifs is 1. The van der Waals surface area contributed by atoms with E-state index in [0.29, 0.717) is 17.6 Å². The Morgan fingerprint density at radius 1 is 1.22 bits per heavy atom. The number of aromatic nitrogens is 3. The highest BCUT2D eigenvalue weighted by Gasteiger charge is 2.41. The molecule has 0 radical (unpaired) electrons. The summed E-state index contributed by atoms with van der Waals surface area (Å²) in [6.45, 7) is 0. The molecule has 1 aliphatic carbocycles. The number of benzene rings is 1. The van der Waals surface area contributed by atoms with Crippen LogP contribution in [0.5, 0.6) is 0 Å². The molecule has 0 unspecified atom stereocenters. The number of nitrogens with one attached hydrogen (secondary N) is 1. The first-order valence-corrected chi connectivity index (χ1v) is 7.17. The first kappa shape index (κ1) is 13.8. The predicted molar refractivity (Wildman–Crippen MR) is 78.0 cm³/mol. The van der Waals surface area contributed by atoms with E-state index in [1.165, 1.54) is 18.3 Å². The molecule has 7 heteroatoms. The van der Waals surface area contributed by atoms with Crippen LogP contribution in [0.2, 0.25) is 0 Å². The lowest BCUT2D eigenvalue weighted by Gasteiger charge is -2.06. The summed E-state index contributed by atoms with van der Waals surface area (Å²) in [7, 11) is 0. The van der Waals surface area contributed by atoms with Gasteiger partial charge in [0.15, 0.2) is 11.3 Å². The van der Waals surface area contributed by atoms with Gasteiger partial charge in [0, 0.05) is 42.8 Å². The molecule has 0 aliphatic heterocycles. The van der Waals surface area contributed by atoms with Crippen LogP contribution in [0.25, 0.3) is 5.65 Å². The van der Waals surface area contributed by atoms with Gasteiger partial charge in [-0.15, -0.1) is 0 Å². The van der Waals surface area contributed by atoms with Crippen LogP contribution in [-0.2, 0) is 0 Å². The van der Waals surface area contributed by atoms with Gasteiger partial charge in [-0.05, 0) is 18.1 Å². The van der Waals surface area contributed by atoms with Crippen molar-refractivity contribution in [3.8, 4) is 0 Å². The van der Waals surface area contributed by atoms with Crippen molar-refractivity contribution in [2.75, 3.05) is 0 Å². The zero-order chi connectivity index (χ0) is 16.0. The van der Waals surface area contributed by atoms with E-state index in [9.17, 15) is 13.6 Å². The molecule has 116 valence electrons. The van der Waals surface area contributed by atoms with Gasteiger partial charge in [0.2, 0.25) is 0 Å². The van der Waals surface area contributed by atoms with Gasteiger partial charge in [0.1, 0.15) is 11.6 Å². The molecule has 2 heterocycles. The summed E-state index contributed by atoms with van der Waals surface area (Å²) < 4.78 is 28.4. The highest BCUT2D eigenvalue weighted by molar-refractivity contribution is 5.98. The van der Waals surface area contributed by atoms with E-state index in [1.54, 1.807) is 23.0 Å². The maximum absolute atomic E-state index is 13.8. The molecular weight excluding hydrogens is 302 g/mol. The van der Waals surface area contributed by atoms with Gasteiger partial charge >= 0.3 is 0 Å². The normalized spacial score (nSPS) is 19.7. The lowest BCUT2D eigenvalue weighted by atomic mass is 10.1.